The lowest BCUT2D eigenvalue weighted by Crippen LogP contribution is -2.14. The van der Waals surface area contributed by atoms with Crippen molar-refractivity contribution in [2.75, 3.05) is 18.6 Å². The maximum atomic E-state index is 13.4. The molecule has 5 nitrogen and oxygen atoms in total. The maximum absolute atomic E-state index is 13.4. The van der Waals surface area contributed by atoms with Crippen LogP contribution in [0.4, 0.5) is 4.39 Å². The molecule has 0 heterocycles. The smallest absolute Gasteiger partial charge is 0.165 e. The number of sulfone groups is 1. The van der Waals surface area contributed by atoms with E-state index in [0.717, 1.165) is 12.3 Å². The van der Waals surface area contributed by atoms with Gasteiger partial charge < -0.3 is 10.5 Å². The second-order valence-corrected chi connectivity index (χ2v) is 5.80. The number of nitrogens with two attached hydrogens (primary N) is 1. The lowest BCUT2D eigenvalue weighted by atomic mass is 10.2. The van der Waals surface area contributed by atoms with Crippen LogP contribution in [0.5, 0.6) is 5.75 Å². The highest BCUT2D eigenvalue weighted by molar-refractivity contribution is 7.90. The minimum atomic E-state index is -3.13. The molecule has 0 unspecified atom stereocenters. The number of nitrogen functional groups attached to an aromatic ring is 1. The number of rotatable bonds is 5. The first-order valence-electron chi connectivity index (χ1n) is 4.74. The van der Waals surface area contributed by atoms with E-state index in [2.05, 4.69) is 0 Å². The predicted molar refractivity (Wildman–Crippen MR) is 62.6 cm³/mol. The van der Waals surface area contributed by atoms with Crippen molar-refractivity contribution < 1.29 is 17.5 Å². The summed E-state index contributed by atoms with van der Waals surface area (Å²) in [6.07, 6.45) is 1.07. The summed E-state index contributed by atoms with van der Waals surface area (Å²) in [6, 6.07) is 3.81. The van der Waals surface area contributed by atoms with Crippen molar-refractivity contribution in [3.63, 3.8) is 0 Å². The highest BCUT2D eigenvalue weighted by atomic mass is 32.2. The van der Waals surface area contributed by atoms with Crippen LogP contribution >= 0.6 is 0 Å². The zero-order valence-corrected chi connectivity index (χ0v) is 10.1. The van der Waals surface area contributed by atoms with Gasteiger partial charge in [0.1, 0.15) is 12.4 Å². The van der Waals surface area contributed by atoms with Gasteiger partial charge in [-0.1, -0.05) is 0 Å². The number of ether oxygens (including phenoxy) is 1. The topological polar surface area (TPSA) is 93.2 Å². The van der Waals surface area contributed by atoms with Gasteiger partial charge in [0.05, 0.1) is 5.75 Å². The maximum Gasteiger partial charge on any atom is 0.165 e. The van der Waals surface area contributed by atoms with Crippen LogP contribution in [-0.4, -0.2) is 32.9 Å². The first-order chi connectivity index (χ1) is 7.79. The molecule has 0 spiro atoms. The quantitative estimate of drug-likeness (QED) is 0.596. The van der Waals surface area contributed by atoms with E-state index in [1.807, 2.05) is 0 Å². The molecule has 0 radical (unpaired) electrons. The Kier molecular flexibility index (Phi) is 4.06. The molecule has 0 aliphatic carbocycles. The van der Waals surface area contributed by atoms with Crippen LogP contribution < -0.4 is 10.5 Å². The van der Waals surface area contributed by atoms with E-state index in [1.54, 1.807) is 0 Å². The average Bonchev–Trinajstić information content (AvgIpc) is 2.18. The number of hydrogen-bond donors (Lipinski definition) is 2. The molecule has 94 valence electrons. The minimum Gasteiger partial charge on any atom is -0.489 e. The Bertz CT molecular complexity index is 528. The average molecular weight is 260 g/mol. The lowest BCUT2D eigenvalue weighted by molar-refractivity contribution is 0.322. The number of benzene rings is 1. The van der Waals surface area contributed by atoms with E-state index in [9.17, 15) is 12.8 Å². The second-order valence-electron chi connectivity index (χ2n) is 3.54. The second kappa shape index (κ2) is 5.13. The van der Waals surface area contributed by atoms with Crippen molar-refractivity contribution in [1.29, 1.82) is 5.41 Å². The summed E-state index contributed by atoms with van der Waals surface area (Å²) in [6.45, 7) is -0.116. The van der Waals surface area contributed by atoms with E-state index in [0.29, 0.717) is 0 Å². The van der Waals surface area contributed by atoms with Gasteiger partial charge in [0.2, 0.25) is 0 Å². The fourth-order valence-corrected chi connectivity index (χ4v) is 1.47. The van der Waals surface area contributed by atoms with Gasteiger partial charge in [0, 0.05) is 11.8 Å². The van der Waals surface area contributed by atoms with Crippen molar-refractivity contribution in [2.45, 2.75) is 0 Å². The van der Waals surface area contributed by atoms with Crippen LogP contribution in [0.2, 0.25) is 0 Å². The molecule has 1 aromatic carbocycles. The number of hydrogen-bond acceptors (Lipinski definition) is 4. The first kappa shape index (κ1) is 13.4. The molecular formula is C10H13FN2O3S. The van der Waals surface area contributed by atoms with Gasteiger partial charge in [-0.15, -0.1) is 0 Å². The molecule has 0 aliphatic heterocycles. The third-order valence-corrected chi connectivity index (χ3v) is 2.86. The van der Waals surface area contributed by atoms with Crippen LogP contribution in [0.15, 0.2) is 18.2 Å². The molecule has 0 aromatic heterocycles. The molecule has 3 N–H and O–H groups in total. The van der Waals surface area contributed by atoms with E-state index in [1.165, 1.54) is 12.1 Å². The highest BCUT2D eigenvalue weighted by Crippen LogP contribution is 2.18. The van der Waals surface area contributed by atoms with Gasteiger partial charge in [0.15, 0.2) is 21.4 Å². The van der Waals surface area contributed by atoms with Crippen molar-refractivity contribution in [2.24, 2.45) is 5.73 Å². The van der Waals surface area contributed by atoms with Crippen molar-refractivity contribution in [1.82, 2.24) is 0 Å². The first-order valence-corrected chi connectivity index (χ1v) is 6.80. The molecule has 7 heteroatoms. The fourth-order valence-electron chi connectivity index (χ4n) is 1.09. The molecule has 17 heavy (non-hydrogen) atoms. The normalized spacial score (nSPS) is 11.2. The molecule has 0 saturated heterocycles. The fraction of sp³-hybridized carbons (Fsp3) is 0.300. The number of nitrogens with one attached hydrogen (secondary N) is 1. The summed E-state index contributed by atoms with van der Waals surface area (Å²) in [7, 11) is -3.13. The van der Waals surface area contributed by atoms with Gasteiger partial charge in [-0.3, -0.25) is 5.41 Å². The largest absolute Gasteiger partial charge is 0.489 e. The van der Waals surface area contributed by atoms with E-state index in [-0.39, 0.29) is 29.5 Å². The summed E-state index contributed by atoms with van der Waals surface area (Å²) in [5.74, 6) is -1.16. The molecule has 0 fully saturated rings. The Morgan fingerprint density at radius 3 is 2.65 bits per heavy atom. The van der Waals surface area contributed by atoms with Crippen LogP contribution in [0.25, 0.3) is 0 Å². The molecule has 0 bridgehead atoms. The number of halogens is 1. The Balaban J connectivity index is 2.70. The van der Waals surface area contributed by atoms with Gasteiger partial charge in [0.25, 0.3) is 0 Å². The van der Waals surface area contributed by atoms with E-state index >= 15 is 0 Å². The molecule has 0 saturated carbocycles. The van der Waals surface area contributed by atoms with Crippen molar-refractivity contribution in [3.05, 3.63) is 29.6 Å². The molecule has 0 atom stereocenters. The third kappa shape index (κ3) is 4.39. The Morgan fingerprint density at radius 1 is 1.53 bits per heavy atom. The Labute approximate surface area is 98.8 Å². The summed E-state index contributed by atoms with van der Waals surface area (Å²) >= 11 is 0. The van der Waals surface area contributed by atoms with Crippen LogP contribution in [-0.2, 0) is 9.84 Å². The summed E-state index contributed by atoms with van der Waals surface area (Å²) in [5, 5.41) is 7.11. The SMILES string of the molecule is CS(=O)(=O)CCOc1ccc(C(=N)N)cc1F. The predicted octanol–water partition coefficient (Wildman–Crippen LogP) is 0.533. The van der Waals surface area contributed by atoms with Crippen molar-refractivity contribution in [3.8, 4) is 5.75 Å². The zero-order valence-electron chi connectivity index (χ0n) is 9.23. The zero-order chi connectivity index (χ0) is 13.1. The van der Waals surface area contributed by atoms with Gasteiger partial charge >= 0.3 is 0 Å². The van der Waals surface area contributed by atoms with E-state index < -0.39 is 15.7 Å². The minimum absolute atomic E-state index is 0.0568. The summed E-state index contributed by atoms with van der Waals surface area (Å²) < 4.78 is 40.0. The molecule has 0 aliphatic rings. The Hall–Kier alpha value is -1.63. The Morgan fingerprint density at radius 2 is 2.18 bits per heavy atom. The van der Waals surface area contributed by atoms with Crippen LogP contribution in [0.1, 0.15) is 5.56 Å². The van der Waals surface area contributed by atoms with Gasteiger partial charge in [-0.05, 0) is 18.2 Å². The van der Waals surface area contributed by atoms with Crippen LogP contribution in [0, 0.1) is 11.2 Å². The third-order valence-electron chi connectivity index (χ3n) is 1.95. The molecule has 1 aromatic rings. The number of amidine groups is 1. The van der Waals surface area contributed by atoms with Crippen LogP contribution in [0.3, 0.4) is 0 Å². The van der Waals surface area contributed by atoms with E-state index in [4.69, 9.17) is 15.9 Å². The molecular weight excluding hydrogens is 247 g/mol. The molecule has 1 rings (SSSR count). The summed E-state index contributed by atoms with van der Waals surface area (Å²) in [5.41, 5.74) is 5.43. The van der Waals surface area contributed by atoms with Gasteiger partial charge in [-0.2, -0.15) is 0 Å². The summed E-state index contributed by atoms with van der Waals surface area (Å²) in [4.78, 5) is 0. The monoisotopic (exact) mass is 260 g/mol. The highest BCUT2D eigenvalue weighted by Gasteiger charge is 2.08. The standard InChI is InChI=1S/C10H13FN2O3S/c1-17(14,15)5-4-16-9-3-2-7(10(12)13)6-8(9)11/h2-3,6H,4-5H2,1H3,(H3,12,13). The molecule has 0 amide bonds. The lowest BCUT2D eigenvalue weighted by Gasteiger charge is -2.07. The van der Waals surface area contributed by atoms with Crippen molar-refractivity contribution >= 4 is 15.7 Å². The van der Waals surface area contributed by atoms with Gasteiger partial charge in [-0.25, -0.2) is 12.8 Å².